The van der Waals surface area contributed by atoms with Gasteiger partial charge in [-0.2, -0.15) is 0 Å². The van der Waals surface area contributed by atoms with Crippen LogP contribution < -0.4 is 0 Å². The van der Waals surface area contributed by atoms with Crippen LogP contribution >= 0.6 is 23.2 Å². The van der Waals surface area contributed by atoms with E-state index in [1.165, 1.54) is 14.2 Å². The summed E-state index contributed by atoms with van der Waals surface area (Å²) in [6.07, 6.45) is 1.55. The highest BCUT2D eigenvalue weighted by Crippen LogP contribution is 2.21. The molecule has 2 rings (SSSR count). The molecule has 0 radical (unpaired) electrons. The Morgan fingerprint density at radius 3 is 2.61 bits per heavy atom. The summed E-state index contributed by atoms with van der Waals surface area (Å²) in [5, 5.41) is 8.44. The van der Waals surface area contributed by atoms with Crippen LogP contribution in [0.3, 0.4) is 0 Å². The second kappa shape index (κ2) is 10.1. The van der Waals surface area contributed by atoms with E-state index in [0.29, 0.717) is 21.9 Å². The van der Waals surface area contributed by atoms with E-state index in [9.17, 15) is 4.79 Å². The van der Waals surface area contributed by atoms with Gasteiger partial charge in [0.2, 0.25) is 0 Å². The van der Waals surface area contributed by atoms with E-state index in [-0.39, 0.29) is 17.5 Å². The molecule has 0 saturated heterocycles. The molecule has 1 aromatic heterocycles. The third-order valence-electron chi connectivity index (χ3n) is 3.85. The first kappa shape index (κ1) is 21.7. The summed E-state index contributed by atoms with van der Waals surface area (Å²) < 4.78 is 4.79. The first-order valence-electron chi connectivity index (χ1n) is 8.15. The molecule has 9 heteroatoms. The zero-order valence-electron chi connectivity index (χ0n) is 15.8. The highest BCUT2D eigenvalue weighted by Gasteiger charge is 2.20. The van der Waals surface area contributed by atoms with Crippen molar-refractivity contribution < 1.29 is 19.2 Å². The number of aromatic nitrogens is 1. The number of methoxy groups -OCH3 is 1. The van der Waals surface area contributed by atoms with Gasteiger partial charge in [-0.25, -0.2) is 9.78 Å². The Labute approximate surface area is 172 Å². The van der Waals surface area contributed by atoms with Crippen molar-refractivity contribution in [1.82, 2.24) is 4.98 Å². The molecule has 2 aromatic rings. The Hall–Kier alpha value is -2.64. The number of ether oxygens (including phenoxy) is 1. The van der Waals surface area contributed by atoms with Crippen LogP contribution in [0.5, 0.6) is 0 Å². The fourth-order valence-electron chi connectivity index (χ4n) is 2.37. The van der Waals surface area contributed by atoms with Gasteiger partial charge < -0.3 is 14.4 Å². The lowest BCUT2D eigenvalue weighted by molar-refractivity contribution is -0.132. The van der Waals surface area contributed by atoms with Gasteiger partial charge >= 0.3 is 5.97 Å². The normalized spacial score (nSPS) is 11.9. The summed E-state index contributed by atoms with van der Waals surface area (Å²) >= 11 is 11.8. The van der Waals surface area contributed by atoms with E-state index in [1.54, 1.807) is 31.3 Å². The molecule has 0 bridgehead atoms. The van der Waals surface area contributed by atoms with E-state index >= 15 is 0 Å². The van der Waals surface area contributed by atoms with Gasteiger partial charge in [0.1, 0.15) is 18.9 Å². The predicted octanol–water partition coefficient (Wildman–Crippen LogP) is 4.16. The number of aryl methyl sites for hydroxylation is 1. The van der Waals surface area contributed by atoms with Crippen LogP contribution in [0.25, 0.3) is 0 Å². The minimum Gasteiger partial charge on any atom is -0.464 e. The third-order valence-corrected chi connectivity index (χ3v) is 4.54. The second-order valence-electron chi connectivity index (χ2n) is 5.66. The Kier molecular flexibility index (Phi) is 7.78. The van der Waals surface area contributed by atoms with Crippen LogP contribution in [0.1, 0.15) is 29.2 Å². The molecule has 0 amide bonds. The van der Waals surface area contributed by atoms with Gasteiger partial charge in [-0.3, -0.25) is 0 Å². The topological polar surface area (TPSA) is 82.4 Å². The lowest BCUT2D eigenvalue weighted by Crippen LogP contribution is -2.20. The van der Waals surface area contributed by atoms with Crippen LogP contribution in [0.4, 0.5) is 0 Å². The first-order chi connectivity index (χ1) is 13.4. The summed E-state index contributed by atoms with van der Waals surface area (Å²) in [5.74, 6) is -0.615. The summed E-state index contributed by atoms with van der Waals surface area (Å²) in [6, 6.07) is 7.08. The molecular weight excluding hydrogens is 405 g/mol. The molecule has 28 heavy (non-hydrogen) atoms. The van der Waals surface area contributed by atoms with E-state index in [4.69, 9.17) is 37.6 Å². The van der Waals surface area contributed by atoms with Crippen LogP contribution in [-0.2, 0) is 25.8 Å². The monoisotopic (exact) mass is 423 g/mol. The number of esters is 1. The molecular formula is C19H19Cl2N3O4. The zero-order chi connectivity index (χ0) is 20.7. The van der Waals surface area contributed by atoms with Crippen LogP contribution in [0.15, 0.2) is 40.8 Å². The first-order valence-corrected chi connectivity index (χ1v) is 8.91. The fourth-order valence-corrected chi connectivity index (χ4v) is 2.64. The highest BCUT2D eigenvalue weighted by atomic mass is 35.5. The van der Waals surface area contributed by atoms with Crippen molar-refractivity contribution in [2.24, 2.45) is 10.3 Å². The summed E-state index contributed by atoms with van der Waals surface area (Å²) in [6.45, 7) is 3.75. The zero-order valence-corrected chi connectivity index (χ0v) is 17.3. The molecule has 0 saturated carbocycles. The Bertz CT molecular complexity index is 929. The number of carbonyl (C=O) groups is 1. The van der Waals surface area contributed by atoms with Crippen LogP contribution in [0.2, 0.25) is 10.2 Å². The van der Waals surface area contributed by atoms with Crippen LogP contribution in [0, 0.1) is 6.92 Å². The van der Waals surface area contributed by atoms with Gasteiger partial charge in [0, 0.05) is 22.9 Å². The van der Waals surface area contributed by atoms with Gasteiger partial charge in [-0.15, -0.1) is 0 Å². The van der Waals surface area contributed by atoms with Crippen molar-refractivity contribution >= 4 is 40.6 Å². The second-order valence-corrected chi connectivity index (χ2v) is 6.43. The number of hydrogen-bond acceptors (Lipinski definition) is 7. The Morgan fingerprint density at radius 1 is 1.21 bits per heavy atom. The average Bonchev–Trinajstić information content (AvgIpc) is 2.68. The molecule has 0 N–H and O–H groups in total. The van der Waals surface area contributed by atoms with Crippen molar-refractivity contribution in [3.05, 3.63) is 62.9 Å². The molecule has 0 aliphatic carbocycles. The van der Waals surface area contributed by atoms with Crippen LogP contribution in [-0.4, -0.2) is 36.6 Å². The SMILES string of the molecule is CO/N=C(/C(=O)OC)c1cccc(C)c1CO/N=C(\C)c1cnc(Cl)c(Cl)c1. The quantitative estimate of drug-likeness (QED) is 0.289. The average molecular weight is 424 g/mol. The summed E-state index contributed by atoms with van der Waals surface area (Å²) in [7, 11) is 2.63. The van der Waals surface area contributed by atoms with E-state index in [0.717, 1.165) is 11.1 Å². The lowest BCUT2D eigenvalue weighted by atomic mass is 9.99. The number of hydrogen-bond donors (Lipinski definition) is 0. The number of halogens is 2. The van der Waals surface area contributed by atoms with Gasteiger partial charge in [0.15, 0.2) is 5.71 Å². The maximum atomic E-state index is 12.1. The van der Waals surface area contributed by atoms with Gasteiger partial charge in [-0.05, 0) is 25.5 Å². The molecule has 148 valence electrons. The van der Waals surface area contributed by atoms with Crippen molar-refractivity contribution in [3.8, 4) is 0 Å². The maximum Gasteiger partial charge on any atom is 0.360 e. The number of pyridine rings is 1. The van der Waals surface area contributed by atoms with Crippen molar-refractivity contribution in [1.29, 1.82) is 0 Å². The Balaban J connectivity index is 2.27. The largest absolute Gasteiger partial charge is 0.464 e. The third kappa shape index (κ3) is 5.21. The molecule has 0 unspecified atom stereocenters. The maximum absolute atomic E-state index is 12.1. The summed E-state index contributed by atoms with van der Waals surface area (Å²) in [4.78, 5) is 26.3. The number of rotatable bonds is 7. The smallest absolute Gasteiger partial charge is 0.360 e. The molecule has 0 fully saturated rings. The van der Waals surface area contributed by atoms with E-state index in [2.05, 4.69) is 15.3 Å². The molecule has 0 spiro atoms. The standard InChI is InChI=1S/C19H19Cl2N3O4/c1-11-6-5-7-14(17(24-27-4)19(25)26-3)15(11)10-28-23-12(2)13-8-16(20)18(21)22-9-13/h5-9H,10H2,1-4H3/b23-12+,24-17+. The predicted molar refractivity (Wildman–Crippen MR) is 108 cm³/mol. The van der Waals surface area contributed by atoms with E-state index in [1.807, 2.05) is 13.0 Å². The fraction of sp³-hybridized carbons (Fsp3) is 0.263. The van der Waals surface area contributed by atoms with Crippen molar-refractivity contribution in [2.45, 2.75) is 20.5 Å². The van der Waals surface area contributed by atoms with Crippen molar-refractivity contribution in [2.75, 3.05) is 14.2 Å². The minimum absolute atomic E-state index is 0.0432. The molecule has 1 aromatic carbocycles. The highest BCUT2D eigenvalue weighted by molar-refractivity contribution is 6.43. The molecule has 0 aliphatic rings. The van der Waals surface area contributed by atoms with Gasteiger partial charge in [0.05, 0.1) is 17.8 Å². The Morgan fingerprint density at radius 2 is 1.96 bits per heavy atom. The lowest BCUT2D eigenvalue weighted by Gasteiger charge is -2.12. The van der Waals surface area contributed by atoms with Gasteiger partial charge in [-0.1, -0.05) is 51.7 Å². The number of benzene rings is 1. The molecule has 0 aliphatic heterocycles. The number of nitrogens with zero attached hydrogens (tertiary/aromatic N) is 3. The molecule has 1 heterocycles. The summed E-state index contributed by atoms with van der Waals surface area (Å²) in [5.41, 5.74) is 3.46. The van der Waals surface area contributed by atoms with Gasteiger partial charge in [0.25, 0.3) is 0 Å². The van der Waals surface area contributed by atoms with E-state index < -0.39 is 5.97 Å². The molecule has 0 atom stereocenters. The number of carbonyl (C=O) groups excluding carboxylic acids is 1. The minimum atomic E-state index is -0.615. The van der Waals surface area contributed by atoms with Crippen molar-refractivity contribution in [3.63, 3.8) is 0 Å². The number of oxime groups is 2. The molecule has 7 nitrogen and oxygen atoms in total.